The minimum absolute atomic E-state index is 0.0504. The second-order valence-corrected chi connectivity index (χ2v) is 10.7. The number of rotatable bonds is 6. The van der Waals surface area contributed by atoms with Gasteiger partial charge in [-0.2, -0.15) is 0 Å². The third kappa shape index (κ3) is 4.50. The van der Waals surface area contributed by atoms with Gasteiger partial charge in [0.25, 0.3) is 0 Å². The van der Waals surface area contributed by atoms with E-state index < -0.39 is 5.97 Å². The number of fused-ring (bicyclic) bond motifs is 1. The maximum absolute atomic E-state index is 15.2. The van der Waals surface area contributed by atoms with Gasteiger partial charge in [0.1, 0.15) is 11.6 Å². The van der Waals surface area contributed by atoms with E-state index in [1.54, 1.807) is 36.1 Å². The number of carboxylic acids is 1. The van der Waals surface area contributed by atoms with Gasteiger partial charge in [-0.3, -0.25) is 14.6 Å². The Hall–Kier alpha value is -4.33. The lowest BCUT2D eigenvalue weighted by atomic mass is 9.88. The predicted molar refractivity (Wildman–Crippen MR) is 147 cm³/mol. The summed E-state index contributed by atoms with van der Waals surface area (Å²) in [5, 5.41) is 12.5. The van der Waals surface area contributed by atoms with Crippen LogP contribution in [-0.2, 0) is 18.3 Å². The molecule has 1 fully saturated rings. The van der Waals surface area contributed by atoms with E-state index in [4.69, 9.17) is 5.11 Å². The topological polar surface area (TPSA) is 97.1 Å². The predicted octanol–water partition coefficient (Wildman–Crippen LogP) is 5.55. The van der Waals surface area contributed by atoms with Crippen molar-refractivity contribution in [1.29, 1.82) is 0 Å². The zero-order valence-electron chi connectivity index (χ0n) is 22.0. The van der Waals surface area contributed by atoms with Crippen molar-refractivity contribution in [2.45, 2.75) is 45.1 Å². The lowest BCUT2D eigenvalue weighted by Crippen LogP contribution is -2.13. The molecule has 3 atom stereocenters. The van der Waals surface area contributed by atoms with E-state index >= 15 is 4.39 Å². The summed E-state index contributed by atoms with van der Waals surface area (Å²) in [5.41, 5.74) is 8.60. The van der Waals surface area contributed by atoms with Crippen LogP contribution >= 0.6 is 0 Å². The normalized spacial score (nSPS) is 19.5. The van der Waals surface area contributed by atoms with Crippen molar-refractivity contribution in [3.05, 3.63) is 99.1 Å². The molecule has 0 radical (unpaired) electrons. The molecule has 8 heteroatoms. The molecule has 2 N–H and O–H groups in total. The van der Waals surface area contributed by atoms with Crippen LogP contribution in [0.1, 0.15) is 52.7 Å². The van der Waals surface area contributed by atoms with E-state index in [-0.39, 0.29) is 29.3 Å². The number of hydrogen-bond acceptors (Lipinski definition) is 5. The summed E-state index contributed by atoms with van der Waals surface area (Å²) in [6, 6.07) is 10.8. The van der Waals surface area contributed by atoms with Crippen LogP contribution < -0.4 is 10.9 Å². The second-order valence-electron chi connectivity index (χ2n) is 10.7. The number of halogens is 1. The average molecular weight is 525 g/mol. The first-order valence-electron chi connectivity index (χ1n) is 13.1. The molecule has 2 aromatic heterocycles. The van der Waals surface area contributed by atoms with Crippen LogP contribution in [-0.4, -0.2) is 25.6 Å². The summed E-state index contributed by atoms with van der Waals surface area (Å²) in [6.07, 6.45) is 7.12. The zero-order valence-corrected chi connectivity index (χ0v) is 22.0. The fourth-order valence-corrected chi connectivity index (χ4v) is 5.99. The standard InChI is InChI=1S/C31H29FN4O3/c1-16-10-19(18-4-9-28(37)36(3)15-18)11-17(2)29(16)20-5-7-24(32)30-21(20)6-8-25(30)35-27-14-33-26(13-34-27)22-12-23(22)31(38)39/h4-5,7,9-11,13-15,22-23,25H,6,8,12H2,1-3H3,(H,34,35)(H,38,39)/t22-,23-,25+/m0/s1. The highest BCUT2D eigenvalue weighted by molar-refractivity contribution is 5.80. The van der Waals surface area contributed by atoms with E-state index in [0.29, 0.717) is 23.5 Å². The molecule has 2 aliphatic rings. The molecule has 6 rings (SSSR count). The number of aromatic nitrogens is 3. The number of carboxylic acid groups (broad SMARTS) is 1. The molecular formula is C31H29FN4O3. The fraction of sp³-hybridized carbons (Fsp3) is 0.290. The first-order valence-corrected chi connectivity index (χ1v) is 13.1. The van der Waals surface area contributed by atoms with Crippen molar-refractivity contribution in [3.8, 4) is 22.3 Å². The fourth-order valence-electron chi connectivity index (χ4n) is 5.99. The molecule has 0 spiro atoms. The first-order chi connectivity index (χ1) is 18.7. The summed E-state index contributed by atoms with van der Waals surface area (Å²) < 4.78 is 16.8. The Labute approximate surface area is 225 Å². The molecular weight excluding hydrogens is 495 g/mol. The lowest BCUT2D eigenvalue weighted by molar-refractivity contribution is -0.138. The first kappa shape index (κ1) is 25.0. The van der Waals surface area contributed by atoms with Gasteiger partial charge in [0, 0.05) is 30.8 Å². The summed E-state index contributed by atoms with van der Waals surface area (Å²) in [7, 11) is 1.74. The maximum atomic E-state index is 15.2. The maximum Gasteiger partial charge on any atom is 0.307 e. The Balaban J connectivity index is 1.29. The third-order valence-corrected chi connectivity index (χ3v) is 8.04. The number of benzene rings is 2. The van der Waals surface area contributed by atoms with Gasteiger partial charge in [0.05, 0.1) is 30.0 Å². The van der Waals surface area contributed by atoms with Gasteiger partial charge in [0.2, 0.25) is 5.56 Å². The van der Waals surface area contributed by atoms with Crippen molar-refractivity contribution in [2.24, 2.45) is 13.0 Å². The molecule has 2 heterocycles. The monoisotopic (exact) mass is 524 g/mol. The SMILES string of the molecule is Cc1cc(-c2ccc(=O)n(C)c2)cc(C)c1-c1ccc(F)c2c1CC[C@H]2Nc1cnc([C@H]2C[C@@H]2C(=O)O)cn1. The van der Waals surface area contributed by atoms with Crippen LogP contribution in [0, 0.1) is 25.6 Å². The van der Waals surface area contributed by atoms with Crippen LogP contribution in [0.4, 0.5) is 10.2 Å². The molecule has 0 bridgehead atoms. The highest BCUT2D eigenvalue weighted by Crippen LogP contribution is 2.47. The molecule has 7 nitrogen and oxygen atoms in total. The van der Waals surface area contributed by atoms with Gasteiger partial charge < -0.3 is 15.0 Å². The van der Waals surface area contributed by atoms with Gasteiger partial charge >= 0.3 is 5.97 Å². The minimum Gasteiger partial charge on any atom is -0.481 e. The highest BCUT2D eigenvalue weighted by atomic mass is 19.1. The van der Waals surface area contributed by atoms with Gasteiger partial charge in [-0.15, -0.1) is 0 Å². The Bertz CT molecular complexity index is 1660. The molecule has 2 aromatic carbocycles. The number of nitrogens with one attached hydrogen (secondary N) is 1. The molecule has 0 saturated heterocycles. The summed E-state index contributed by atoms with van der Waals surface area (Å²) in [5.74, 6) is -0.960. The van der Waals surface area contributed by atoms with Crippen LogP contribution in [0.2, 0.25) is 0 Å². The van der Waals surface area contributed by atoms with E-state index in [1.165, 1.54) is 0 Å². The van der Waals surface area contributed by atoms with Crippen molar-refractivity contribution in [3.63, 3.8) is 0 Å². The smallest absolute Gasteiger partial charge is 0.307 e. The number of aliphatic carboxylic acids is 1. The number of nitrogens with zero attached hydrogens (tertiary/aromatic N) is 3. The second kappa shape index (κ2) is 9.45. The van der Waals surface area contributed by atoms with Crippen molar-refractivity contribution in [2.75, 3.05) is 5.32 Å². The van der Waals surface area contributed by atoms with E-state index in [9.17, 15) is 9.59 Å². The van der Waals surface area contributed by atoms with Crippen LogP contribution in [0.15, 0.2) is 59.8 Å². The van der Waals surface area contributed by atoms with E-state index in [0.717, 1.165) is 51.8 Å². The van der Waals surface area contributed by atoms with Gasteiger partial charge in [-0.25, -0.2) is 9.37 Å². The number of carbonyl (C=O) groups is 1. The van der Waals surface area contributed by atoms with Gasteiger partial charge in [-0.1, -0.05) is 18.2 Å². The van der Waals surface area contributed by atoms with Crippen molar-refractivity contribution < 1.29 is 14.3 Å². The van der Waals surface area contributed by atoms with E-state index in [2.05, 4.69) is 41.3 Å². The third-order valence-electron chi connectivity index (χ3n) is 8.04. The summed E-state index contributed by atoms with van der Waals surface area (Å²) >= 11 is 0. The molecule has 39 heavy (non-hydrogen) atoms. The van der Waals surface area contributed by atoms with Crippen molar-refractivity contribution >= 4 is 11.8 Å². The molecule has 198 valence electrons. The van der Waals surface area contributed by atoms with Crippen molar-refractivity contribution in [1.82, 2.24) is 14.5 Å². The molecule has 0 unspecified atom stereocenters. The van der Waals surface area contributed by atoms with Gasteiger partial charge in [0.15, 0.2) is 0 Å². The number of aryl methyl sites for hydroxylation is 3. The Kier molecular flexibility index (Phi) is 6.05. The molecule has 2 aliphatic carbocycles. The minimum atomic E-state index is -0.801. The quantitative estimate of drug-likeness (QED) is 0.343. The average Bonchev–Trinajstić information content (AvgIpc) is 3.61. The number of hydrogen-bond donors (Lipinski definition) is 2. The van der Waals surface area contributed by atoms with E-state index in [1.807, 2.05) is 18.3 Å². The summed E-state index contributed by atoms with van der Waals surface area (Å²) in [6.45, 7) is 4.14. The molecule has 4 aromatic rings. The van der Waals surface area contributed by atoms with Crippen LogP contribution in [0.25, 0.3) is 22.3 Å². The number of pyridine rings is 1. The highest BCUT2D eigenvalue weighted by Gasteiger charge is 2.45. The number of anilines is 1. The Morgan fingerprint density at radius 3 is 2.49 bits per heavy atom. The molecule has 1 saturated carbocycles. The zero-order chi connectivity index (χ0) is 27.4. The molecule has 0 aliphatic heterocycles. The molecule has 0 amide bonds. The van der Waals surface area contributed by atoms with Gasteiger partial charge in [-0.05, 0) is 84.2 Å². The largest absolute Gasteiger partial charge is 0.481 e. The Morgan fingerprint density at radius 1 is 1.08 bits per heavy atom. The van der Waals surface area contributed by atoms with Crippen LogP contribution in [0.3, 0.4) is 0 Å². The lowest BCUT2D eigenvalue weighted by Gasteiger charge is -2.19. The van der Waals surface area contributed by atoms with Crippen LogP contribution in [0.5, 0.6) is 0 Å². The Morgan fingerprint density at radius 2 is 1.85 bits per heavy atom. The summed E-state index contributed by atoms with van der Waals surface area (Å²) in [4.78, 5) is 31.9.